The van der Waals surface area contributed by atoms with Gasteiger partial charge in [0.1, 0.15) is 18.0 Å². The maximum Gasteiger partial charge on any atom is 0.339 e. The zero-order valence-electron chi connectivity index (χ0n) is 20.1. The van der Waals surface area contributed by atoms with E-state index in [9.17, 15) is 27.4 Å². The zero-order valence-corrected chi connectivity index (χ0v) is 27.4. The fraction of sp³-hybridized carbons (Fsp3) is 0.423. The van der Waals surface area contributed by atoms with E-state index in [-0.39, 0.29) is 16.6 Å². The van der Waals surface area contributed by atoms with Crippen LogP contribution in [0, 0.1) is 34.4 Å². The largest absolute Gasteiger partial charge is 0.458 e. The molecule has 206 valence electrons. The molecule has 1 heterocycles. The summed E-state index contributed by atoms with van der Waals surface area (Å²) in [5.74, 6) is -3.64. The van der Waals surface area contributed by atoms with Gasteiger partial charge in [-0.15, -0.1) is 0 Å². The molecule has 0 amide bonds. The molecule has 1 aliphatic heterocycles. The van der Waals surface area contributed by atoms with E-state index >= 15 is 0 Å². The lowest BCUT2D eigenvalue weighted by Gasteiger charge is -2.30. The minimum Gasteiger partial charge on any atom is -0.458 e. The van der Waals surface area contributed by atoms with Crippen molar-refractivity contribution in [1.82, 2.24) is 0 Å². The minimum atomic E-state index is -4.43. The zero-order chi connectivity index (χ0) is 27.8. The van der Waals surface area contributed by atoms with Gasteiger partial charge in [0.25, 0.3) is 10.1 Å². The molecule has 2 aromatic rings. The topological polar surface area (TPSA) is 133 Å². The van der Waals surface area contributed by atoms with Gasteiger partial charge in [-0.2, -0.15) is 8.42 Å². The van der Waals surface area contributed by atoms with Gasteiger partial charge in [0.05, 0.1) is 22.3 Å². The molecule has 0 radical (unpaired) electrons. The predicted octanol–water partition coefficient (Wildman–Crippen LogP) is 4.56. The van der Waals surface area contributed by atoms with Gasteiger partial charge in [-0.05, 0) is 135 Å². The highest BCUT2D eigenvalue weighted by Gasteiger charge is 2.70. The van der Waals surface area contributed by atoms with Gasteiger partial charge in [-0.3, -0.25) is 14.1 Å². The van der Waals surface area contributed by atoms with Crippen LogP contribution >= 0.6 is 67.8 Å². The van der Waals surface area contributed by atoms with Crippen LogP contribution < -0.4 is 4.74 Å². The number of halogens is 3. The Balaban J connectivity index is 1.28. The summed E-state index contributed by atoms with van der Waals surface area (Å²) in [6, 6.07) is 6.33. The van der Waals surface area contributed by atoms with Gasteiger partial charge in [0, 0.05) is 22.5 Å². The average Bonchev–Trinajstić information content (AvgIpc) is 3.49. The number of carbonyl (C=O) groups excluding carboxylic acids is 3. The van der Waals surface area contributed by atoms with Gasteiger partial charge < -0.3 is 14.2 Å². The molecule has 6 rings (SSSR count). The smallest absolute Gasteiger partial charge is 0.339 e. The summed E-state index contributed by atoms with van der Waals surface area (Å²) in [4.78, 5) is 39.5. The SMILES string of the molecule is O=C(OC1C2CC3C1OC(=O)C3C2C(=O)Oc1ccc(S(=O)(=O)O)c2c1CCCC2)c1cc(I)cc(I)c1I. The van der Waals surface area contributed by atoms with E-state index in [2.05, 4.69) is 67.8 Å². The first-order valence-electron chi connectivity index (χ1n) is 12.4. The van der Waals surface area contributed by atoms with E-state index in [1.165, 1.54) is 12.1 Å². The molecule has 0 aromatic heterocycles. The molecule has 3 fully saturated rings. The van der Waals surface area contributed by atoms with Crippen LogP contribution in [0.1, 0.15) is 40.7 Å². The summed E-state index contributed by atoms with van der Waals surface area (Å²) in [6.45, 7) is 0. The first-order valence-corrected chi connectivity index (χ1v) is 17.0. The van der Waals surface area contributed by atoms with E-state index in [1.54, 1.807) is 6.07 Å². The number of fused-ring (bicyclic) bond motifs is 2. The van der Waals surface area contributed by atoms with E-state index in [1.807, 2.05) is 6.07 Å². The molecule has 9 nitrogen and oxygen atoms in total. The molecule has 13 heteroatoms. The molecule has 6 unspecified atom stereocenters. The van der Waals surface area contributed by atoms with Crippen molar-refractivity contribution in [2.45, 2.75) is 49.2 Å². The third-order valence-electron chi connectivity index (χ3n) is 8.21. The van der Waals surface area contributed by atoms with Crippen LogP contribution in [-0.2, 0) is 42.0 Å². The highest BCUT2D eigenvalue weighted by atomic mass is 127. The molecule has 1 N–H and O–H groups in total. The second kappa shape index (κ2) is 10.3. The number of carbonyl (C=O) groups is 3. The summed E-state index contributed by atoms with van der Waals surface area (Å²) >= 11 is 6.39. The molecule has 2 aromatic carbocycles. The van der Waals surface area contributed by atoms with Gasteiger partial charge in [-0.1, -0.05) is 0 Å². The van der Waals surface area contributed by atoms with Crippen molar-refractivity contribution in [3.63, 3.8) is 0 Å². The van der Waals surface area contributed by atoms with E-state index in [4.69, 9.17) is 14.2 Å². The molecule has 0 spiro atoms. The van der Waals surface area contributed by atoms with Crippen molar-refractivity contribution in [3.05, 3.63) is 51.7 Å². The van der Waals surface area contributed by atoms with Gasteiger partial charge in [0.15, 0.2) is 0 Å². The molecule has 2 saturated carbocycles. The number of esters is 3. The second-order valence-corrected chi connectivity index (χ2v) is 15.1. The van der Waals surface area contributed by atoms with Crippen LogP contribution in [0.25, 0.3) is 0 Å². The lowest BCUT2D eigenvalue weighted by molar-refractivity contribution is -0.149. The number of rotatable bonds is 5. The highest BCUT2D eigenvalue weighted by Crippen LogP contribution is 2.59. The maximum absolute atomic E-state index is 13.6. The Labute approximate surface area is 265 Å². The Morgan fingerprint density at radius 1 is 1.03 bits per heavy atom. The Bertz CT molecular complexity index is 1540. The van der Waals surface area contributed by atoms with Crippen LogP contribution in [0.4, 0.5) is 0 Å². The summed E-state index contributed by atoms with van der Waals surface area (Å²) in [5.41, 5.74) is 1.45. The van der Waals surface area contributed by atoms with Gasteiger partial charge >= 0.3 is 17.9 Å². The normalized spacial score (nSPS) is 28.7. The molecule has 1 saturated heterocycles. The number of ether oxygens (including phenoxy) is 3. The Morgan fingerprint density at radius 3 is 2.46 bits per heavy atom. The fourth-order valence-electron chi connectivity index (χ4n) is 6.68. The van der Waals surface area contributed by atoms with Crippen LogP contribution in [0.15, 0.2) is 29.2 Å². The molecule has 6 atom stereocenters. The first-order chi connectivity index (χ1) is 18.5. The number of benzene rings is 2. The van der Waals surface area contributed by atoms with Crippen molar-refractivity contribution in [3.8, 4) is 5.75 Å². The standard InChI is InChI=1S/C26H21I3O9S/c27-10-7-15(21(29)16(28)8-10)24(30)37-22-13-9-14-20(26(32)38-23(14)22)19(13)25(31)36-17-5-6-18(39(33,34)35)12-4-2-1-3-11(12)17/h5-8,13-14,19-20,22-23H,1-4,9H2,(H,33,34,35). The quantitative estimate of drug-likeness (QED) is 0.151. The van der Waals surface area contributed by atoms with Crippen LogP contribution in [0.3, 0.4) is 0 Å². The van der Waals surface area contributed by atoms with Crippen molar-refractivity contribution < 1.29 is 41.6 Å². The molecule has 3 aliphatic carbocycles. The lowest BCUT2D eigenvalue weighted by atomic mass is 9.78. The molecular weight excluding hydrogens is 869 g/mol. The van der Waals surface area contributed by atoms with Crippen molar-refractivity contribution >= 4 is 95.8 Å². The van der Waals surface area contributed by atoms with E-state index in [0.717, 1.165) is 23.6 Å². The van der Waals surface area contributed by atoms with E-state index in [0.29, 0.717) is 36.0 Å². The van der Waals surface area contributed by atoms with Crippen LogP contribution in [0.2, 0.25) is 0 Å². The van der Waals surface area contributed by atoms with Gasteiger partial charge in [-0.25, -0.2) is 4.79 Å². The van der Waals surface area contributed by atoms with Gasteiger partial charge in [0.2, 0.25) is 0 Å². The predicted molar refractivity (Wildman–Crippen MR) is 161 cm³/mol. The summed E-state index contributed by atoms with van der Waals surface area (Å²) in [5, 5.41) is 0. The highest BCUT2D eigenvalue weighted by molar-refractivity contribution is 14.1. The second-order valence-electron chi connectivity index (χ2n) is 10.3. The number of hydrogen-bond acceptors (Lipinski definition) is 8. The third kappa shape index (κ3) is 4.80. The third-order valence-corrected chi connectivity index (χ3v) is 12.8. The molecule has 4 aliphatic rings. The molecular formula is C26H21I3O9S. The Kier molecular flexibility index (Phi) is 7.45. The monoisotopic (exact) mass is 890 g/mol. The number of hydrogen-bond donors (Lipinski definition) is 1. The average molecular weight is 890 g/mol. The van der Waals surface area contributed by atoms with Crippen LogP contribution in [0.5, 0.6) is 5.75 Å². The maximum atomic E-state index is 13.6. The Morgan fingerprint density at radius 2 is 1.74 bits per heavy atom. The van der Waals surface area contributed by atoms with Crippen molar-refractivity contribution in [2.75, 3.05) is 0 Å². The first kappa shape index (κ1) is 28.1. The van der Waals surface area contributed by atoms with Crippen molar-refractivity contribution in [1.29, 1.82) is 0 Å². The summed E-state index contributed by atoms with van der Waals surface area (Å²) in [6.07, 6.45) is 1.60. The fourth-order valence-corrected chi connectivity index (χ4v) is 9.83. The Hall–Kier alpha value is -1.05. The van der Waals surface area contributed by atoms with Crippen LogP contribution in [-0.4, -0.2) is 43.1 Å². The lowest BCUT2D eigenvalue weighted by Crippen LogP contribution is -2.44. The summed E-state index contributed by atoms with van der Waals surface area (Å²) in [7, 11) is -4.43. The van der Waals surface area contributed by atoms with E-state index < -0.39 is 58.0 Å². The minimum absolute atomic E-state index is 0.175. The molecule has 39 heavy (non-hydrogen) atoms. The van der Waals surface area contributed by atoms with Crippen molar-refractivity contribution in [2.24, 2.45) is 23.7 Å². The molecule has 2 bridgehead atoms. The summed E-state index contributed by atoms with van der Waals surface area (Å²) < 4.78 is 53.4.